The van der Waals surface area contributed by atoms with Gasteiger partial charge in [0.15, 0.2) is 0 Å². The first-order valence-corrected chi connectivity index (χ1v) is 4.70. The summed E-state index contributed by atoms with van der Waals surface area (Å²) in [5.74, 6) is 1.57. The molecule has 0 aromatic carbocycles. The highest BCUT2D eigenvalue weighted by Crippen LogP contribution is 2.13. The van der Waals surface area contributed by atoms with E-state index in [2.05, 4.69) is 0 Å². The minimum atomic E-state index is -0.602. The van der Waals surface area contributed by atoms with Crippen LogP contribution in [0.2, 0.25) is 0 Å². The summed E-state index contributed by atoms with van der Waals surface area (Å²) in [5, 5.41) is 0.185. The molecule has 1 rings (SSSR count). The van der Waals surface area contributed by atoms with E-state index < -0.39 is 10.8 Å². The first kappa shape index (κ1) is 6.56. The van der Waals surface area contributed by atoms with E-state index in [1.807, 2.05) is 0 Å². The van der Waals surface area contributed by atoms with Crippen molar-refractivity contribution in [2.75, 3.05) is 11.5 Å². The van der Waals surface area contributed by atoms with Crippen LogP contribution in [0.25, 0.3) is 0 Å². The molecule has 48 valence electrons. The van der Waals surface area contributed by atoms with Crippen LogP contribution >= 0.6 is 11.6 Å². The van der Waals surface area contributed by atoms with Crippen LogP contribution in [0.4, 0.5) is 0 Å². The second kappa shape index (κ2) is 2.83. The average molecular weight is 153 g/mol. The summed E-state index contributed by atoms with van der Waals surface area (Å²) >= 11 is 5.72. The fourth-order valence-corrected chi connectivity index (χ4v) is 2.64. The molecule has 1 nitrogen and oxygen atoms in total. The topological polar surface area (TPSA) is 17.1 Å². The number of hydrogen-bond donors (Lipinski definition) is 0. The van der Waals surface area contributed by atoms with Crippen molar-refractivity contribution in [3.63, 3.8) is 0 Å². The second-order valence-electron chi connectivity index (χ2n) is 2.05. The fraction of sp³-hybridized carbons (Fsp3) is 1.00. The highest BCUT2D eigenvalue weighted by Gasteiger charge is 2.14. The predicted octanol–water partition coefficient (Wildman–Crippen LogP) is 1.14. The Bertz CT molecular complexity index is 105. The standard InChI is InChI=1S/C5H9ClOS/c6-5-2-1-3-8(7)4-5/h5H,1-4H2/t5-,8-/m1/s1. The first-order valence-electron chi connectivity index (χ1n) is 2.78. The predicted molar refractivity (Wildman–Crippen MR) is 36.8 cm³/mol. The molecule has 1 aliphatic rings. The molecule has 1 saturated heterocycles. The van der Waals surface area contributed by atoms with Gasteiger partial charge >= 0.3 is 0 Å². The van der Waals surface area contributed by atoms with Crippen molar-refractivity contribution in [2.24, 2.45) is 0 Å². The molecule has 0 radical (unpaired) electrons. The van der Waals surface area contributed by atoms with Crippen molar-refractivity contribution < 1.29 is 4.21 Å². The van der Waals surface area contributed by atoms with Gasteiger partial charge in [0.1, 0.15) is 0 Å². The van der Waals surface area contributed by atoms with Crippen LogP contribution in [0.3, 0.4) is 0 Å². The van der Waals surface area contributed by atoms with Crippen molar-refractivity contribution in [1.82, 2.24) is 0 Å². The molecule has 0 aromatic heterocycles. The van der Waals surface area contributed by atoms with Crippen LogP contribution in [0.5, 0.6) is 0 Å². The lowest BCUT2D eigenvalue weighted by Gasteiger charge is -2.13. The Morgan fingerprint density at radius 1 is 1.62 bits per heavy atom. The molecular formula is C5H9ClOS. The molecule has 0 spiro atoms. The van der Waals surface area contributed by atoms with Crippen molar-refractivity contribution >= 4 is 22.4 Å². The molecule has 1 heterocycles. The molecule has 0 aromatic rings. The molecule has 0 amide bonds. The van der Waals surface area contributed by atoms with Crippen molar-refractivity contribution in [3.8, 4) is 0 Å². The molecule has 0 bridgehead atoms. The van der Waals surface area contributed by atoms with Crippen LogP contribution in [0.15, 0.2) is 0 Å². The van der Waals surface area contributed by atoms with Crippen LogP contribution in [0.1, 0.15) is 12.8 Å². The van der Waals surface area contributed by atoms with Gasteiger partial charge in [-0.25, -0.2) is 0 Å². The Balaban J connectivity index is 2.34. The normalized spacial score (nSPS) is 39.6. The molecule has 1 fully saturated rings. The van der Waals surface area contributed by atoms with Gasteiger partial charge in [0, 0.05) is 27.7 Å². The maximum atomic E-state index is 10.7. The Morgan fingerprint density at radius 3 is 2.75 bits per heavy atom. The molecule has 0 saturated carbocycles. The van der Waals surface area contributed by atoms with Crippen molar-refractivity contribution in [1.29, 1.82) is 0 Å². The van der Waals surface area contributed by atoms with Gasteiger partial charge in [0.25, 0.3) is 0 Å². The van der Waals surface area contributed by atoms with Crippen LogP contribution in [0, 0.1) is 0 Å². The maximum Gasteiger partial charge on any atom is 0.0451 e. The molecule has 8 heavy (non-hydrogen) atoms. The van der Waals surface area contributed by atoms with Gasteiger partial charge in [-0.1, -0.05) is 0 Å². The monoisotopic (exact) mass is 152 g/mol. The first-order chi connectivity index (χ1) is 3.79. The smallest absolute Gasteiger partial charge is 0.0451 e. The SMILES string of the molecule is O=[S@@]1CCC[C@@H](Cl)C1. The minimum Gasteiger partial charge on any atom is -0.260 e. The Kier molecular flexibility index (Phi) is 2.32. The fourth-order valence-electron chi connectivity index (χ4n) is 0.834. The van der Waals surface area contributed by atoms with E-state index in [0.717, 1.165) is 18.6 Å². The minimum absolute atomic E-state index is 0.185. The molecule has 0 unspecified atom stereocenters. The van der Waals surface area contributed by atoms with E-state index in [1.54, 1.807) is 0 Å². The molecule has 0 aliphatic carbocycles. The molecule has 3 heteroatoms. The summed E-state index contributed by atoms with van der Waals surface area (Å²) in [6.07, 6.45) is 2.09. The summed E-state index contributed by atoms with van der Waals surface area (Å²) < 4.78 is 10.7. The van der Waals surface area contributed by atoms with Crippen molar-refractivity contribution in [3.05, 3.63) is 0 Å². The Labute approximate surface area is 56.9 Å². The average Bonchev–Trinajstić information content (AvgIpc) is 1.64. The number of hydrogen-bond acceptors (Lipinski definition) is 1. The lowest BCUT2D eigenvalue weighted by atomic mass is 10.3. The van der Waals surface area contributed by atoms with E-state index in [1.165, 1.54) is 0 Å². The highest BCUT2D eigenvalue weighted by molar-refractivity contribution is 7.85. The summed E-state index contributed by atoms with van der Waals surface area (Å²) in [5.41, 5.74) is 0. The lowest BCUT2D eigenvalue weighted by molar-refractivity contribution is 0.660. The van der Waals surface area contributed by atoms with Crippen LogP contribution < -0.4 is 0 Å². The van der Waals surface area contributed by atoms with Gasteiger partial charge in [-0.3, -0.25) is 4.21 Å². The summed E-state index contributed by atoms with van der Waals surface area (Å²) in [6, 6.07) is 0. The van der Waals surface area contributed by atoms with Gasteiger partial charge in [-0.05, 0) is 12.8 Å². The number of rotatable bonds is 0. The Hall–Kier alpha value is 0.440. The second-order valence-corrected chi connectivity index (χ2v) is 4.29. The van der Waals surface area contributed by atoms with E-state index >= 15 is 0 Å². The zero-order valence-electron chi connectivity index (χ0n) is 4.60. The molecule has 0 N–H and O–H groups in total. The van der Waals surface area contributed by atoms with Crippen molar-refractivity contribution in [2.45, 2.75) is 18.2 Å². The molecule has 1 aliphatic heterocycles. The largest absolute Gasteiger partial charge is 0.260 e. The van der Waals surface area contributed by atoms with Gasteiger partial charge in [-0.15, -0.1) is 11.6 Å². The van der Waals surface area contributed by atoms with Gasteiger partial charge in [-0.2, -0.15) is 0 Å². The van der Waals surface area contributed by atoms with E-state index in [0.29, 0.717) is 5.75 Å². The van der Waals surface area contributed by atoms with Gasteiger partial charge < -0.3 is 0 Å². The summed E-state index contributed by atoms with van der Waals surface area (Å²) in [4.78, 5) is 0. The summed E-state index contributed by atoms with van der Waals surface area (Å²) in [7, 11) is -0.602. The lowest BCUT2D eigenvalue weighted by Crippen LogP contribution is -2.19. The van der Waals surface area contributed by atoms with Gasteiger partial charge in [0.05, 0.1) is 0 Å². The van der Waals surface area contributed by atoms with Gasteiger partial charge in [0.2, 0.25) is 0 Å². The number of halogens is 1. The zero-order chi connectivity index (χ0) is 5.98. The maximum absolute atomic E-state index is 10.7. The van der Waals surface area contributed by atoms with Crippen LogP contribution in [-0.4, -0.2) is 21.1 Å². The summed E-state index contributed by atoms with van der Waals surface area (Å²) in [6.45, 7) is 0. The quantitative estimate of drug-likeness (QED) is 0.476. The number of alkyl halides is 1. The van der Waals surface area contributed by atoms with Crippen LogP contribution in [-0.2, 0) is 10.8 Å². The third kappa shape index (κ3) is 1.75. The molecular weight excluding hydrogens is 144 g/mol. The third-order valence-corrected chi connectivity index (χ3v) is 3.33. The third-order valence-electron chi connectivity index (χ3n) is 1.26. The van der Waals surface area contributed by atoms with E-state index in [-0.39, 0.29) is 5.38 Å². The highest BCUT2D eigenvalue weighted by atomic mass is 35.5. The van der Waals surface area contributed by atoms with E-state index in [9.17, 15) is 4.21 Å². The molecule has 2 atom stereocenters. The Morgan fingerprint density at radius 2 is 2.38 bits per heavy atom. The zero-order valence-corrected chi connectivity index (χ0v) is 6.17. The van der Waals surface area contributed by atoms with E-state index in [4.69, 9.17) is 11.6 Å².